The highest BCUT2D eigenvalue weighted by Gasteiger charge is 2.15. The van der Waals surface area contributed by atoms with Gasteiger partial charge in [-0.25, -0.2) is 0 Å². The Kier molecular flexibility index (Phi) is 9.78. The van der Waals surface area contributed by atoms with E-state index in [-0.39, 0.29) is 18.0 Å². The van der Waals surface area contributed by atoms with Crippen molar-refractivity contribution < 1.29 is 14.3 Å². The summed E-state index contributed by atoms with van der Waals surface area (Å²) in [7, 11) is 0. The van der Waals surface area contributed by atoms with E-state index in [2.05, 4.69) is 0 Å². The fourth-order valence-corrected chi connectivity index (χ4v) is 1.55. The second-order valence-corrected chi connectivity index (χ2v) is 4.72. The first kappa shape index (κ1) is 16.1. The lowest BCUT2D eigenvalue weighted by Crippen LogP contribution is -2.20. The van der Waals surface area contributed by atoms with E-state index in [1.165, 1.54) is 0 Å². The van der Waals surface area contributed by atoms with Gasteiger partial charge in [-0.3, -0.25) is 4.79 Å². The number of carbonyl (C=O) groups is 2. The molecule has 0 aromatic rings. The summed E-state index contributed by atoms with van der Waals surface area (Å²) in [6, 6.07) is 0. The van der Waals surface area contributed by atoms with Crippen LogP contribution in [0.4, 0.5) is 0 Å². The molecule has 0 aliphatic rings. The number of unbranched alkanes of at least 4 members (excludes halogenated alkanes) is 4. The van der Waals surface area contributed by atoms with Crippen molar-refractivity contribution in [2.24, 2.45) is 5.92 Å². The molecule has 0 saturated heterocycles. The lowest BCUT2D eigenvalue weighted by molar-refractivity contribution is -0.153. The smallest absolute Gasteiger partial charge is 0.308 e. The van der Waals surface area contributed by atoms with Crippen LogP contribution in [0.1, 0.15) is 65.7 Å². The first-order valence-electron chi connectivity index (χ1n) is 6.75. The van der Waals surface area contributed by atoms with Gasteiger partial charge in [0.15, 0.2) is 0 Å². The zero-order chi connectivity index (χ0) is 13.1. The van der Waals surface area contributed by atoms with Gasteiger partial charge in [0.25, 0.3) is 0 Å². The topological polar surface area (TPSA) is 43.4 Å². The first-order valence-corrected chi connectivity index (χ1v) is 6.75. The molecule has 100 valence electrons. The average Bonchev–Trinajstić information content (AvgIpc) is 2.32. The number of hydrogen-bond donors (Lipinski definition) is 0. The highest BCUT2D eigenvalue weighted by molar-refractivity contribution is 5.72. The molecule has 0 N–H and O–H groups in total. The van der Waals surface area contributed by atoms with E-state index in [9.17, 15) is 9.59 Å². The van der Waals surface area contributed by atoms with Gasteiger partial charge in [-0.1, -0.05) is 26.7 Å². The molecule has 0 spiro atoms. The van der Waals surface area contributed by atoms with Crippen molar-refractivity contribution in [1.29, 1.82) is 0 Å². The van der Waals surface area contributed by atoms with Crippen molar-refractivity contribution >= 4 is 12.3 Å². The Bertz CT molecular complexity index is 214. The molecule has 0 amide bonds. The van der Waals surface area contributed by atoms with Crippen molar-refractivity contribution in [2.45, 2.75) is 71.8 Å². The monoisotopic (exact) mass is 242 g/mol. The van der Waals surface area contributed by atoms with Gasteiger partial charge in [-0.05, 0) is 32.6 Å². The summed E-state index contributed by atoms with van der Waals surface area (Å²) in [5.74, 6) is -0.0778. The minimum Gasteiger partial charge on any atom is -0.462 e. The molecule has 0 heterocycles. The minimum absolute atomic E-state index is 0.00467. The summed E-state index contributed by atoms with van der Waals surface area (Å²) in [5, 5.41) is 0. The quantitative estimate of drug-likeness (QED) is 0.334. The van der Waals surface area contributed by atoms with Gasteiger partial charge >= 0.3 is 5.97 Å². The molecule has 17 heavy (non-hydrogen) atoms. The summed E-state index contributed by atoms with van der Waals surface area (Å²) in [4.78, 5) is 21.6. The van der Waals surface area contributed by atoms with Gasteiger partial charge in [0.1, 0.15) is 6.29 Å². The predicted octanol–water partition coefficient (Wildman–Crippen LogP) is 3.50. The zero-order valence-corrected chi connectivity index (χ0v) is 11.4. The molecule has 0 bridgehead atoms. The molecule has 2 unspecified atom stereocenters. The van der Waals surface area contributed by atoms with E-state index < -0.39 is 0 Å². The fraction of sp³-hybridized carbons (Fsp3) is 0.857. The predicted molar refractivity (Wildman–Crippen MR) is 68.8 cm³/mol. The molecule has 0 aromatic carbocycles. The number of ether oxygens (including phenoxy) is 1. The summed E-state index contributed by atoms with van der Waals surface area (Å²) < 4.78 is 5.34. The second kappa shape index (κ2) is 10.3. The maximum Gasteiger partial charge on any atom is 0.308 e. The molecule has 0 aliphatic heterocycles. The van der Waals surface area contributed by atoms with Crippen LogP contribution in [0.15, 0.2) is 0 Å². The molecule has 0 radical (unpaired) electrons. The Labute approximate surface area is 105 Å². The molecule has 0 aliphatic carbocycles. The summed E-state index contributed by atoms with van der Waals surface area (Å²) in [6.45, 7) is 5.84. The van der Waals surface area contributed by atoms with Crippen LogP contribution >= 0.6 is 0 Å². The maximum absolute atomic E-state index is 11.5. The van der Waals surface area contributed by atoms with Crippen LogP contribution in [0.25, 0.3) is 0 Å². The third-order valence-electron chi connectivity index (χ3n) is 3.01. The highest BCUT2D eigenvalue weighted by atomic mass is 16.5. The van der Waals surface area contributed by atoms with E-state index in [1.807, 2.05) is 20.8 Å². The number of aldehydes is 1. The van der Waals surface area contributed by atoms with Crippen molar-refractivity contribution in [3.8, 4) is 0 Å². The first-order chi connectivity index (χ1) is 8.11. The van der Waals surface area contributed by atoms with Crippen LogP contribution < -0.4 is 0 Å². The number of carbonyl (C=O) groups excluding carboxylic acids is 2. The third-order valence-corrected chi connectivity index (χ3v) is 3.01. The van der Waals surface area contributed by atoms with Crippen LogP contribution in [0.5, 0.6) is 0 Å². The van der Waals surface area contributed by atoms with Gasteiger partial charge in [0.2, 0.25) is 0 Å². The van der Waals surface area contributed by atoms with Crippen molar-refractivity contribution in [3.63, 3.8) is 0 Å². The van der Waals surface area contributed by atoms with Crippen molar-refractivity contribution in [1.82, 2.24) is 0 Å². The van der Waals surface area contributed by atoms with Gasteiger partial charge in [0.05, 0.1) is 12.0 Å². The van der Waals surface area contributed by atoms with E-state index in [1.54, 1.807) is 0 Å². The van der Waals surface area contributed by atoms with Crippen molar-refractivity contribution in [3.05, 3.63) is 0 Å². The number of rotatable bonds is 10. The summed E-state index contributed by atoms with van der Waals surface area (Å²) >= 11 is 0. The zero-order valence-electron chi connectivity index (χ0n) is 11.4. The molecule has 2 atom stereocenters. The van der Waals surface area contributed by atoms with Crippen LogP contribution in [0, 0.1) is 5.92 Å². The van der Waals surface area contributed by atoms with Crippen molar-refractivity contribution in [2.75, 3.05) is 0 Å². The number of hydrogen-bond acceptors (Lipinski definition) is 3. The van der Waals surface area contributed by atoms with Crippen LogP contribution in [0.2, 0.25) is 0 Å². The lowest BCUT2D eigenvalue weighted by atomic mass is 10.1. The van der Waals surface area contributed by atoms with E-state index in [0.717, 1.165) is 44.8 Å². The third kappa shape index (κ3) is 8.90. The fourth-order valence-electron chi connectivity index (χ4n) is 1.55. The lowest BCUT2D eigenvalue weighted by Gasteiger charge is -2.15. The molecular weight excluding hydrogens is 216 g/mol. The largest absolute Gasteiger partial charge is 0.462 e. The second-order valence-electron chi connectivity index (χ2n) is 4.72. The Morgan fingerprint density at radius 3 is 2.41 bits per heavy atom. The van der Waals surface area contributed by atoms with E-state index >= 15 is 0 Å². The maximum atomic E-state index is 11.5. The normalized spacial score (nSPS) is 14.1. The van der Waals surface area contributed by atoms with E-state index in [4.69, 9.17) is 4.74 Å². The molecule has 0 saturated carbocycles. The molecule has 0 fully saturated rings. The Morgan fingerprint density at radius 2 is 1.82 bits per heavy atom. The summed E-state index contributed by atoms with van der Waals surface area (Å²) in [6.07, 6.45) is 7.64. The molecule has 0 aromatic heterocycles. The standard InChI is InChI=1S/C14H26O3/c1-4-12(2)14(16)17-13(3)10-8-6-5-7-9-11-15/h11-13H,4-10H2,1-3H3. The van der Waals surface area contributed by atoms with Gasteiger partial charge in [-0.15, -0.1) is 0 Å². The van der Waals surface area contributed by atoms with Gasteiger partial charge in [-0.2, -0.15) is 0 Å². The van der Waals surface area contributed by atoms with Gasteiger partial charge < -0.3 is 9.53 Å². The Hall–Kier alpha value is -0.860. The summed E-state index contributed by atoms with van der Waals surface area (Å²) in [5.41, 5.74) is 0. The van der Waals surface area contributed by atoms with Crippen LogP contribution in [-0.2, 0) is 14.3 Å². The van der Waals surface area contributed by atoms with Crippen LogP contribution in [0.3, 0.4) is 0 Å². The molecular formula is C14H26O3. The minimum atomic E-state index is -0.0824. The van der Waals surface area contributed by atoms with Crippen LogP contribution in [-0.4, -0.2) is 18.4 Å². The Morgan fingerprint density at radius 1 is 1.18 bits per heavy atom. The molecule has 0 rings (SSSR count). The molecule has 3 heteroatoms. The number of esters is 1. The SMILES string of the molecule is CCC(C)C(=O)OC(C)CCCCCCC=O. The average molecular weight is 242 g/mol. The highest BCUT2D eigenvalue weighted by Crippen LogP contribution is 2.11. The molecule has 3 nitrogen and oxygen atoms in total. The van der Waals surface area contributed by atoms with E-state index in [0.29, 0.717) is 6.42 Å². The Balaban J connectivity index is 3.49. The van der Waals surface area contributed by atoms with Gasteiger partial charge in [0, 0.05) is 6.42 Å².